The Morgan fingerprint density at radius 1 is 0.373 bits per heavy atom. The molecule has 0 fully saturated rings. The lowest BCUT2D eigenvalue weighted by Crippen LogP contribution is -1.89. The fourth-order valence-electron chi connectivity index (χ4n) is 7.49. The maximum Gasteiger partial charge on any atom is 0.0817 e. The summed E-state index contributed by atoms with van der Waals surface area (Å²) in [7, 11) is 0. The third-order valence-corrected chi connectivity index (χ3v) is 11.1. The summed E-state index contributed by atoms with van der Waals surface area (Å²) in [4.78, 5) is 9.64. The molecule has 0 N–H and O–H groups in total. The maximum atomic E-state index is 4.82. The SMILES string of the molecule is c1ccc(-c2cc(-c3ccccc3)cc(-c3cccc(-c4ccc5sc6cccc(-c7cccc8ncc9cccnc9c78)c6c5c4)c3)c2)cc1. The van der Waals surface area contributed by atoms with Gasteiger partial charge in [-0.1, -0.05) is 109 Å². The Bertz CT molecular complexity index is 2850. The summed E-state index contributed by atoms with van der Waals surface area (Å²) in [6.45, 7) is 0. The molecule has 3 aromatic heterocycles. The van der Waals surface area contributed by atoms with Crippen LogP contribution in [-0.4, -0.2) is 9.97 Å². The highest BCUT2D eigenvalue weighted by atomic mass is 32.1. The van der Waals surface area contributed by atoms with Crippen molar-refractivity contribution in [1.82, 2.24) is 9.97 Å². The van der Waals surface area contributed by atoms with E-state index in [1.165, 1.54) is 70.2 Å². The van der Waals surface area contributed by atoms with E-state index in [1.54, 1.807) is 0 Å². The molecule has 0 bridgehead atoms. The second-order valence-corrected chi connectivity index (χ2v) is 14.1. The molecule has 10 rings (SSSR count). The second-order valence-electron chi connectivity index (χ2n) is 13.0. The van der Waals surface area contributed by atoms with Crippen LogP contribution in [0.1, 0.15) is 0 Å². The van der Waals surface area contributed by atoms with Gasteiger partial charge in [-0.2, -0.15) is 0 Å². The van der Waals surface area contributed by atoms with Gasteiger partial charge in [0.2, 0.25) is 0 Å². The predicted octanol–water partition coefficient (Wildman–Crippen LogP) is 13.5. The number of thiophene rings is 1. The molecular weight excluding hydrogens is 637 g/mol. The van der Waals surface area contributed by atoms with Gasteiger partial charge in [0.05, 0.1) is 11.0 Å². The van der Waals surface area contributed by atoms with E-state index in [-0.39, 0.29) is 0 Å². The standard InChI is InChI=1S/C48H30N2S/c1-3-11-31(12-4-1)37-26-38(32-13-5-2-6-14-32)28-39(27-37)34-16-7-15-33(25-34)35-22-23-44-42(29-35)46-40(19-9-21-45(46)51-44)41-18-8-20-43-47(41)48-36(30-50-43)17-10-24-49-48/h1-30H. The maximum absolute atomic E-state index is 4.82. The van der Waals surface area contributed by atoms with Crippen molar-refractivity contribution in [2.75, 3.05) is 0 Å². The Morgan fingerprint density at radius 2 is 0.961 bits per heavy atom. The van der Waals surface area contributed by atoms with Crippen LogP contribution in [-0.2, 0) is 0 Å². The molecule has 0 radical (unpaired) electrons. The van der Waals surface area contributed by atoms with Gasteiger partial charge >= 0.3 is 0 Å². The summed E-state index contributed by atoms with van der Waals surface area (Å²) >= 11 is 1.85. The van der Waals surface area contributed by atoms with E-state index in [4.69, 9.17) is 9.97 Å². The molecule has 0 saturated heterocycles. The first-order chi connectivity index (χ1) is 25.3. The smallest absolute Gasteiger partial charge is 0.0817 e. The van der Waals surface area contributed by atoms with E-state index in [2.05, 4.69) is 164 Å². The van der Waals surface area contributed by atoms with Crippen LogP contribution in [0, 0.1) is 0 Å². The first-order valence-electron chi connectivity index (χ1n) is 17.2. The summed E-state index contributed by atoms with van der Waals surface area (Å²) in [5.74, 6) is 0. The molecule has 2 nitrogen and oxygen atoms in total. The van der Waals surface area contributed by atoms with Gasteiger partial charge < -0.3 is 0 Å². The Morgan fingerprint density at radius 3 is 1.71 bits per heavy atom. The van der Waals surface area contributed by atoms with Crippen LogP contribution in [0.2, 0.25) is 0 Å². The molecule has 0 spiro atoms. The normalized spacial score (nSPS) is 11.5. The quantitative estimate of drug-likeness (QED) is 0.171. The minimum absolute atomic E-state index is 0.958. The zero-order valence-electron chi connectivity index (χ0n) is 27.6. The predicted molar refractivity (Wildman–Crippen MR) is 217 cm³/mol. The van der Waals surface area contributed by atoms with Crippen LogP contribution >= 0.6 is 11.3 Å². The highest BCUT2D eigenvalue weighted by Gasteiger charge is 2.16. The fourth-order valence-corrected chi connectivity index (χ4v) is 8.60. The van der Waals surface area contributed by atoms with Crippen LogP contribution in [0.4, 0.5) is 0 Å². The van der Waals surface area contributed by atoms with Gasteiger partial charge in [-0.15, -0.1) is 11.3 Å². The van der Waals surface area contributed by atoms with E-state index < -0.39 is 0 Å². The summed E-state index contributed by atoms with van der Waals surface area (Å²) in [6, 6.07) is 61.3. The molecule has 0 saturated carbocycles. The van der Waals surface area contributed by atoms with Crippen molar-refractivity contribution in [1.29, 1.82) is 0 Å². The lowest BCUT2D eigenvalue weighted by atomic mass is 9.91. The zero-order valence-corrected chi connectivity index (χ0v) is 28.4. The average Bonchev–Trinajstić information content (AvgIpc) is 3.59. The van der Waals surface area contributed by atoms with Gasteiger partial charge in [-0.05, 0) is 116 Å². The second kappa shape index (κ2) is 12.2. The van der Waals surface area contributed by atoms with E-state index in [0.717, 1.165) is 27.4 Å². The number of hydrogen-bond donors (Lipinski definition) is 0. The first kappa shape index (κ1) is 29.5. The van der Waals surface area contributed by atoms with Gasteiger partial charge in [0.15, 0.2) is 0 Å². The molecular formula is C48H30N2S. The van der Waals surface area contributed by atoms with Crippen molar-refractivity contribution < 1.29 is 0 Å². The molecule has 51 heavy (non-hydrogen) atoms. The number of fused-ring (bicyclic) bond motifs is 6. The lowest BCUT2D eigenvalue weighted by molar-refractivity contribution is 1.38. The minimum Gasteiger partial charge on any atom is -0.255 e. The lowest BCUT2D eigenvalue weighted by Gasteiger charge is -2.13. The van der Waals surface area contributed by atoms with Crippen LogP contribution in [0.25, 0.3) is 97.6 Å². The number of rotatable bonds is 5. The third-order valence-electron chi connectivity index (χ3n) is 9.92. The number of aromatic nitrogens is 2. The third kappa shape index (κ3) is 5.18. The monoisotopic (exact) mass is 666 g/mol. The number of pyridine rings is 2. The Hall–Kier alpha value is -6.42. The number of benzene rings is 7. The highest BCUT2D eigenvalue weighted by Crippen LogP contribution is 2.44. The summed E-state index contributed by atoms with van der Waals surface area (Å²) in [5.41, 5.74) is 14.0. The molecule has 10 aromatic rings. The van der Waals surface area contributed by atoms with Crippen molar-refractivity contribution in [2.45, 2.75) is 0 Å². The van der Waals surface area contributed by atoms with Crippen LogP contribution in [0.15, 0.2) is 182 Å². The molecule has 3 heterocycles. The Kier molecular flexibility index (Phi) is 7.04. The van der Waals surface area contributed by atoms with E-state index in [1.807, 2.05) is 29.8 Å². The molecule has 0 aliphatic rings. The highest BCUT2D eigenvalue weighted by molar-refractivity contribution is 7.26. The van der Waals surface area contributed by atoms with Gasteiger partial charge in [-0.3, -0.25) is 9.97 Å². The topological polar surface area (TPSA) is 25.8 Å². The largest absolute Gasteiger partial charge is 0.255 e. The van der Waals surface area contributed by atoms with Gasteiger partial charge in [0, 0.05) is 43.3 Å². The van der Waals surface area contributed by atoms with Crippen LogP contribution in [0.5, 0.6) is 0 Å². The molecule has 0 unspecified atom stereocenters. The Labute approximate surface area is 300 Å². The molecule has 0 atom stereocenters. The summed E-state index contributed by atoms with van der Waals surface area (Å²) in [5, 5.41) is 4.69. The van der Waals surface area contributed by atoms with Crippen molar-refractivity contribution in [2.24, 2.45) is 0 Å². The first-order valence-corrected chi connectivity index (χ1v) is 18.0. The van der Waals surface area contributed by atoms with Crippen molar-refractivity contribution in [3.8, 4) is 55.6 Å². The Balaban J connectivity index is 1.13. The van der Waals surface area contributed by atoms with E-state index in [9.17, 15) is 0 Å². The van der Waals surface area contributed by atoms with Gasteiger partial charge in [0.1, 0.15) is 0 Å². The minimum atomic E-state index is 0.958. The van der Waals surface area contributed by atoms with Crippen molar-refractivity contribution in [3.63, 3.8) is 0 Å². The fraction of sp³-hybridized carbons (Fsp3) is 0. The molecule has 3 heteroatoms. The molecule has 238 valence electrons. The van der Waals surface area contributed by atoms with E-state index in [0.29, 0.717) is 0 Å². The van der Waals surface area contributed by atoms with Crippen LogP contribution < -0.4 is 0 Å². The molecule has 7 aromatic carbocycles. The number of nitrogens with zero attached hydrogens (tertiary/aromatic N) is 2. The van der Waals surface area contributed by atoms with Gasteiger partial charge in [0.25, 0.3) is 0 Å². The average molecular weight is 667 g/mol. The molecule has 0 aliphatic heterocycles. The van der Waals surface area contributed by atoms with Gasteiger partial charge in [-0.25, -0.2) is 0 Å². The van der Waals surface area contributed by atoms with Crippen molar-refractivity contribution in [3.05, 3.63) is 182 Å². The van der Waals surface area contributed by atoms with E-state index >= 15 is 0 Å². The summed E-state index contributed by atoms with van der Waals surface area (Å²) in [6.07, 6.45) is 3.80. The number of hydrogen-bond acceptors (Lipinski definition) is 3. The summed E-state index contributed by atoms with van der Waals surface area (Å²) < 4.78 is 2.56. The molecule has 0 aliphatic carbocycles. The molecule has 0 amide bonds. The zero-order chi connectivity index (χ0) is 33.7. The van der Waals surface area contributed by atoms with Crippen LogP contribution in [0.3, 0.4) is 0 Å². The van der Waals surface area contributed by atoms with Crippen molar-refractivity contribution >= 4 is 53.3 Å².